The fourth-order valence-corrected chi connectivity index (χ4v) is 2.22. The molecule has 24 heavy (non-hydrogen) atoms. The van der Waals surface area contributed by atoms with Crippen LogP contribution in [0.25, 0.3) is 0 Å². The number of nitrogens with zero attached hydrogens (tertiary/aromatic N) is 1. The molecule has 0 bridgehead atoms. The third kappa shape index (κ3) is 4.23. The van der Waals surface area contributed by atoms with Crippen LogP contribution in [-0.4, -0.2) is 4.98 Å². The molecule has 0 unspecified atom stereocenters. The molecule has 1 heterocycles. The zero-order chi connectivity index (χ0) is 16.8. The van der Waals surface area contributed by atoms with Crippen LogP contribution in [0, 0.1) is 5.82 Å². The highest BCUT2D eigenvalue weighted by atomic mass is 19.1. The molecular weight excluding hydrogens is 305 g/mol. The molecule has 0 atom stereocenters. The Morgan fingerprint density at radius 2 is 1.67 bits per heavy atom. The summed E-state index contributed by atoms with van der Waals surface area (Å²) in [5, 5.41) is 3.25. The van der Waals surface area contributed by atoms with E-state index in [1.54, 1.807) is 18.3 Å². The van der Waals surface area contributed by atoms with Gasteiger partial charge in [-0.2, -0.15) is 0 Å². The lowest BCUT2D eigenvalue weighted by molar-refractivity contribution is 0.306. The first-order chi connectivity index (χ1) is 11.7. The second-order valence-corrected chi connectivity index (χ2v) is 5.35. The van der Waals surface area contributed by atoms with Crippen LogP contribution in [-0.2, 0) is 13.2 Å². The number of halogens is 1. The minimum absolute atomic E-state index is 0.246. The molecule has 0 radical (unpaired) electrons. The Balaban J connectivity index is 1.53. The van der Waals surface area contributed by atoms with E-state index in [0.29, 0.717) is 19.0 Å². The number of anilines is 2. The number of pyridine rings is 1. The largest absolute Gasteiger partial charge is 0.489 e. The number of nitrogens with two attached hydrogens (primary N) is 1. The van der Waals surface area contributed by atoms with Crippen molar-refractivity contribution in [1.29, 1.82) is 0 Å². The SMILES string of the molecule is Nc1ncccc1NCc1ccc(OCc2ccc(F)cc2)cc1. The van der Waals surface area contributed by atoms with Gasteiger partial charge in [0.05, 0.1) is 5.69 Å². The van der Waals surface area contributed by atoms with Gasteiger partial charge in [-0.05, 0) is 47.5 Å². The monoisotopic (exact) mass is 323 g/mol. The highest BCUT2D eigenvalue weighted by molar-refractivity contribution is 5.60. The van der Waals surface area contributed by atoms with Gasteiger partial charge >= 0.3 is 0 Å². The standard InChI is InChI=1S/C19H18FN3O/c20-16-7-3-15(4-8-16)13-24-17-9-5-14(6-10-17)12-23-18-2-1-11-22-19(18)21/h1-11,23H,12-13H2,(H2,21,22). The highest BCUT2D eigenvalue weighted by Gasteiger charge is 2.00. The summed E-state index contributed by atoms with van der Waals surface area (Å²) in [5.41, 5.74) is 8.64. The van der Waals surface area contributed by atoms with Crippen molar-refractivity contribution in [2.75, 3.05) is 11.1 Å². The van der Waals surface area contributed by atoms with Gasteiger partial charge in [0.2, 0.25) is 0 Å². The molecular formula is C19H18FN3O. The third-order valence-electron chi connectivity index (χ3n) is 3.56. The number of nitrogen functional groups attached to an aromatic ring is 1. The maximum atomic E-state index is 12.9. The maximum Gasteiger partial charge on any atom is 0.146 e. The molecule has 1 aromatic heterocycles. The summed E-state index contributed by atoms with van der Waals surface area (Å²) in [6.07, 6.45) is 1.66. The molecule has 0 amide bonds. The van der Waals surface area contributed by atoms with Crippen LogP contribution < -0.4 is 15.8 Å². The van der Waals surface area contributed by atoms with Crippen LogP contribution in [0.2, 0.25) is 0 Å². The van der Waals surface area contributed by atoms with Crippen molar-refractivity contribution >= 4 is 11.5 Å². The molecule has 0 aliphatic carbocycles. The summed E-state index contributed by atoms with van der Waals surface area (Å²) in [6, 6.07) is 17.8. The molecule has 0 fully saturated rings. The van der Waals surface area contributed by atoms with E-state index in [-0.39, 0.29) is 5.82 Å². The normalized spacial score (nSPS) is 10.4. The Hall–Kier alpha value is -3.08. The quantitative estimate of drug-likeness (QED) is 0.720. The van der Waals surface area contributed by atoms with E-state index in [4.69, 9.17) is 10.5 Å². The summed E-state index contributed by atoms with van der Waals surface area (Å²) < 4.78 is 18.6. The molecule has 0 spiro atoms. The summed E-state index contributed by atoms with van der Waals surface area (Å²) in [4.78, 5) is 4.04. The molecule has 3 aromatic rings. The number of nitrogens with one attached hydrogen (secondary N) is 1. The predicted octanol–water partition coefficient (Wildman–Crippen LogP) is 3.99. The van der Waals surface area contributed by atoms with Crippen molar-refractivity contribution in [1.82, 2.24) is 4.98 Å². The molecule has 0 saturated carbocycles. The van der Waals surface area contributed by atoms with Gasteiger partial charge in [-0.1, -0.05) is 24.3 Å². The maximum absolute atomic E-state index is 12.9. The molecule has 4 nitrogen and oxygen atoms in total. The van der Waals surface area contributed by atoms with Gasteiger partial charge in [0.15, 0.2) is 0 Å². The van der Waals surface area contributed by atoms with Gasteiger partial charge in [0.25, 0.3) is 0 Å². The zero-order valence-electron chi connectivity index (χ0n) is 13.1. The van der Waals surface area contributed by atoms with Crippen molar-refractivity contribution in [2.24, 2.45) is 0 Å². The van der Waals surface area contributed by atoms with Gasteiger partial charge in [-0.15, -0.1) is 0 Å². The molecule has 0 aliphatic rings. The minimum atomic E-state index is -0.246. The summed E-state index contributed by atoms with van der Waals surface area (Å²) in [5.74, 6) is 1.01. The minimum Gasteiger partial charge on any atom is -0.489 e. The fourth-order valence-electron chi connectivity index (χ4n) is 2.22. The first kappa shape index (κ1) is 15.8. The van der Waals surface area contributed by atoms with Crippen molar-refractivity contribution < 1.29 is 9.13 Å². The van der Waals surface area contributed by atoms with E-state index >= 15 is 0 Å². The van der Waals surface area contributed by atoms with E-state index in [2.05, 4.69) is 10.3 Å². The molecule has 2 aromatic carbocycles. The number of rotatable bonds is 6. The lowest BCUT2D eigenvalue weighted by Gasteiger charge is -2.10. The Bertz CT molecular complexity index is 788. The number of ether oxygens (including phenoxy) is 1. The van der Waals surface area contributed by atoms with Crippen molar-refractivity contribution in [2.45, 2.75) is 13.2 Å². The summed E-state index contributed by atoms with van der Waals surface area (Å²) in [6.45, 7) is 1.05. The molecule has 3 rings (SSSR count). The third-order valence-corrected chi connectivity index (χ3v) is 3.56. The summed E-state index contributed by atoms with van der Waals surface area (Å²) in [7, 11) is 0. The highest BCUT2D eigenvalue weighted by Crippen LogP contribution is 2.18. The topological polar surface area (TPSA) is 60.2 Å². The smallest absolute Gasteiger partial charge is 0.146 e. The lowest BCUT2D eigenvalue weighted by atomic mass is 10.2. The van der Waals surface area contributed by atoms with Crippen molar-refractivity contribution in [3.8, 4) is 5.75 Å². The van der Waals surface area contributed by atoms with Crippen molar-refractivity contribution in [3.05, 3.63) is 83.8 Å². The molecule has 122 valence electrons. The Kier molecular flexibility index (Phi) is 4.91. The van der Waals surface area contributed by atoms with E-state index in [0.717, 1.165) is 22.6 Å². The van der Waals surface area contributed by atoms with Crippen LogP contribution >= 0.6 is 0 Å². The summed E-state index contributed by atoms with van der Waals surface area (Å²) >= 11 is 0. The lowest BCUT2D eigenvalue weighted by Crippen LogP contribution is -2.03. The van der Waals surface area contributed by atoms with Gasteiger partial charge in [-0.25, -0.2) is 9.37 Å². The van der Waals surface area contributed by atoms with Gasteiger partial charge < -0.3 is 15.8 Å². The number of aromatic nitrogens is 1. The van der Waals surface area contributed by atoms with Crippen molar-refractivity contribution in [3.63, 3.8) is 0 Å². The van der Waals surface area contributed by atoms with Crippen LogP contribution in [0.5, 0.6) is 5.75 Å². The van der Waals surface area contributed by atoms with Gasteiger partial charge in [-0.3, -0.25) is 0 Å². The molecule has 5 heteroatoms. The number of benzene rings is 2. The second kappa shape index (κ2) is 7.46. The van der Waals surface area contributed by atoms with E-state index in [9.17, 15) is 4.39 Å². The van der Waals surface area contributed by atoms with Crippen LogP contribution in [0.15, 0.2) is 66.9 Å². The van der Waals surface area contributed by atoms with Gasteiger partial charge in [0.1, 0.15) is 24.0 Å². The predicted molar refractivity (Wildman–Crippen MR) is 93.2 cm³/mol. The Morgan fingerprint density at radius 3 is 2.38 bits per heavy atom. The average molecular weight is 323 g/mol. The zero-order valence-corrected chi connectivity index (χ0v) is 13.1. The first-order valence-electron chi connectivity index (χ1n) is 7.61. The van der Waals surface area contributed by atoms with Gasteiger partial charge in [0, 0.05) is 12.7 Å². The van der Waals surface area contributed by atoms with Crippen LogP contribution in [0.3, 0.4) is 0 Å². The number of hydrogen-bond acceptors (Lipinski definition) is 4. The van der Waals surface area contributed by atoms with Crippen LogP contribution in [0.4, 0.5) is 15.9 Å². The van der Waals surface area contributed by atoms with E-state index < -0.39 is 0 Å². The van der Waals surface area contributed by atoms with E-state index in [1.807, 2.05) is 36.4 Å². The molecule has 0 aliphatic heterocycles. The van der Waals surface area contributed by atoms with E-state index in [1.165, 1.54) is 12.1 Å². The van der Waals surface area contributed by atoms with Crippen LogP contribution in [0.1, 0.15) is 11.1 Å². The molecule has 3 N–H and O–H groups in total. The second-order valence-electron chi connectivity index (χ2n) is 5.35. The number of hydrogen-bond donors (Lipinski definition) is 2. The average Bonchev–Trinajstić information content (AvgIpc) is 2.61. The molecule has 0 saturated heterocycles. The Morgan fingerprint density at radius 1 is 0.958 bits per heavy atom. The Labute approximate surface area is 140 Å². The fraction of sp³-hybridized carbons (Fsp3) is 0.105. The first-order valence-corrected chi connectivity index (χ1v) is 7.61.